The monoisotopic (exact) mass is 161 g/mol. The summed E-state index contributed by atoms with van der Waals surface area (Å²) in [6, 6.07) is 0. The molecular weight excluding hydrogens is 146 g/mol. The van der Waals surface area contributed by atoms with Crippen molar-refractivity contribution < 1.29 is 15.0 Å². The minimum Gasteiger partial charge on any atom is -0.465 e. The van der Waals surface area contributed by atoms with Gasteiger partial charge in [0.05, 0.1) is 0 Å². The second kappa shape index (κ2) is 5.97. The molecule has 4 nitrogen and oxygen atoms in total. The van der Waals surface area contributed by atoms with Crippen molar-refractivity contribution in [3.8, 4) is 0 Å². The molecule has 4 heteroatoms. The molecule has 0 aliphatic rings. The largest absolute Gasteiger partial charge is 0.465 e. The summed E-state index contributed by atoms with van der Waals surface area (Å²) in [4.78, 5) is 11.8. The van der Waals surface area contributed by atoms with Gasteiger partial charge >= 0.3 is 6.09 Å². The Morgan fingerprint density at radius 3 is 2.45 bits per heavy atom. The predicted molar refractivity (Wildman–Crippen MR) is 41.6 cm³/mol. The molecule has 0 atom stereocenters. The topological polar surface area (TPSA) is 60.8 Å². The van der Waals surface area contributed by atoms with E-state index in [9.17, 15) is 4.79 Å². The summed E-state index contributed by atoms with van der Waals surface area (Å²) in [5.41, 5.74) is 0. The molecule has 0 bridgehead atoms. The summed E-state index contributed by atoms with van der Waals surface area (Å²) in [5.74, 6) is 0. The summed E-state index contributed by atoms with van der Waals surface area (Å²) in [6.45, 7) is 2.96. The lowest BCUT2D eigenvalue weighted by molar-refractivity contribution is 0.140. The van der Waals surface area contributed by atoms with Gasteiger partial charge in [-0.3, -0.25) is 0 Å². The molecule has 0 aromatic rings. The Morgan fingerprint density at radius 1 is 1.45 bits per heavy atom. The predicted octanol–water partition coefficient (Wildman–Crippen LogP) is 0.759. The highest BCUT2D eigenvalue weighted by Gasteiger charge is 2.08. The summed E-state index contributed by atoms with van der Waals surface area (Å²) in [5, 5.41) is 17.0. The Balaban J connectivity index is 3.60. The van der Waals surface area contributed by atoms with E-state index in [0.717, 1.165) is 6.42 Å². The second-order valence-electron chi connectivity index (χ2n) is 2.35. The summed E-state index contributed by atoms with van der Waals surface area (Å²) < 4.78 is 0. The van der Waals surface area contributed by atoms with Crippen LogP contribution in [-0.2, 0) is 0 Å². The molecule has 0 rings (SSSR count). The number of amides is 1. The van der Waals surface area contributed by atoms with Gasteiger partial charge in [0.1, 0.15) is 0 Å². The van der Waals surface area contributed by atoms with E-state index >= 15 is 0 Å². The van der Waals surface area contributed by atoms with Crippen molar-refractivity contribution in [1.29, 1.82) is 0 Å². The van der Waals surface area contributed by atoms with Crippen molar-refractivity contribution in [2.75, 3.05) is 19.7 Å². The summed E-state index contributed by atoms with van der Waals surface area (Å²) in [7, 11) is 0. The fraction of sp³-hybridized carbons (Fsp3) is 0.857. The standard InChI is InChI=1S/C7H15NO3/c1-2-4-8(7(10)11)5-3-6-9/h9H,2-6H2,1H3,(H,10,11). The number of carboxylic acid groups (broad SMARTS) is 1. The van der Waals surface area contributed by atoms with Gasteiger partial charge in [0, 0.05) is 19.7 Å². The first-order valence-corrected chi connectivity index (χ1v) is 3.81. The van der Waals surface area contributed by atoms with Gasteiger partial charge in [-0.05, 0) is 12.8 Å². The third kappa shape index (κ3) is 4.61. The molecule has 2 N–H and O–H groups in total. The average molecular weight is 161 g/mol. The number of hydrogen-bond acceptors (Lipinski definition) is 2. The van der Waals surface area contributed by atoms with Gasteiger partial charge in [0.15, 0.2) is 0 Å². The maximum absolute atomic E-state index is 10.4. The first kappa shape index (κ1) is 10.2. The molecule has 0 aromatic heterocycles. The summed E-state index contributed by atoms with van der Waals surface area (Å²) in [6.07, 6.45) is 0.435. The van der Waals surface area contributed by atoms with E-state index in [4.69, 9.17) is 10.2 Å². The van der Waals surface area contributed by atoms with Gasteiger partial charge in [-0.2, -0.15) is 0 Å². The van der Waals surface area contributed by atoms with E-state index < -0.39 is 6.09 Å². The molecule has 0 unspecified atom stereocenters. The van der Waals surface area contributed by atoms with Gasteiger partial charge in [0.2, 0.25) is 0 Å². The number of carbonyl (C=O) groups is 1. The van der Waals surface area contributed by atoms with Crippen LogP contribution in [0.5, 0.6) is 0 Å². The minimum atomic E-state index is -0.902. The smallest absolute Gasteiger partial charge is 0.407 e. The Kier molecular flexibility index (Phi) is 5.56. The highest BCUT2D eigenvalue weighted by Crippen LogP contribution is 1.93. The lowest BCUT2D eigenvalue weighted by atomic mass is 10.4. The van der Waals surface area contributed by atoms with Crippen LogP contribution in [0.4, 0.5) is 4.79 Å². The molecule has 0 saturated carbocycles. The average Bonchev–Trinajstić information content (AvgIpc) is 1.97. The molecule has 0 radical (unpaired) electrons. The van der Waals surface area contributed by atoms with E-state index in [1.54, 1.807) is 0 Å². The Hall–Kier alpha value is -0.770. The van der Waals surface area contributed by atoms with Crippen molar-refractivity contribution in [1.82, 2.24) is 4.90 Å². The zero-order valence-corrected chi connectivity index (χ0v) is 6.79. The Bertz CT molecular complexity index is 116. The first-order chi connectivity index (χ1) is 5.22. The Labute approximate surface area is 66.4 Å². The molecule has 0 aromatic carbocycles. The second-order valence-corrected chi connectivity index (χ2v) is 2.35. The normalized spacial score (nSPS) is 9.64. The maximum Gasteiger partial charge on any atom is 0.407 e. The van der Waals surface area contributed by atoms with E-state index in [2.05, 4.69) is 0 Å². The molecule has 1 amide bonds. The third-order valence-corrected chi connectivity index (χ3v) is 1.35. The maximum atomic E-state index is 10.4. The first-order valence-electron chi connectivity index (χ1n) is 3.81. The zero-order valence-electron chi connectivity index (χ0n) is 6.79. The van der Waals surface area contributed by atoms with Crippen LogP contribution in [0.2, 0.25) is 0 Å². The highest BCUT2D eigenvalue weighted by atomic mass is 16.4. The number of hydrogen-bond donors (Lipinski definition) is 2. The van der Waals surface area contributed by atoms with Gasteiger partial charge in [-0.25, -0.2) is 4.79 Å². The molecule has 66 valence electrons. The van der Waals surface area contributed by atoms with Crippen LogP contribution in [0.25, 0.3) is 0 Å². The van der Waals surface area contributed by atoms with E-state index in [0.29, 0.717) is 19.5 Å². The van der Waals surface area contributed by atoms with Crippen LogP contribution >= 0.6 is 0 Å². The molecular formula is C7H15NO3. The molecule has 0 heterocycles. The van der Waals surface area contributed by atoms with Crippen LogP contribution in [0.15, 0.2) is 0 Å². The van der Waals surface area contributed by atoms with Crippen LogP contribution in [0, 0.1) is 0 Å². The van der Waals surface area contributed by atoms with E-state index in [-0.39, 0.29) is 6.61 Å². The van der Waals surface area contributed by atoms with Gasteiger partial charge in [0.25, 0.3) is 0 Å². The fourth-order valence-electron chi connectivity index (χ4n) is 0.835. The van der Waals surface area contributed by atoms with Crippen molar-refractivity contribution in [2.24, 2.45) is 0 Å². The fourth-order valence-corrected chi connectivity index (χ4v) is 0.835. The molecule has 11 heavy (non-hydrogen) atoms. The van der Waals surface area contributed by atoms with Crippen molar-refractivity contribution in [2.45, 2.75) is 19.8 Å². The molecule has 0 fully saturated rings. The van der Waals surface area contributed by atoms with Crippen molar-refractivity contribution >= 4 is 6.09 Å². The number of aliphatic hydroxyl groups is 1. The SMILES string of the molecule is CCCN(CCCO)C(=O)O. The Morgan fingerprint density at radius 2 is 2.09 bits per heavy atom. The number of nitrogens with zero attached hydrogens (tertiary/aromatic N) is 1. The highest BCUT2D eigenvalue weighted by molar-refractivity contribution is 5.64. The zero-order chi connectivity index (χ0) is 8.69. The van der Waals surface area contributed by atoms with Crippen LogP contribution in [0.1, 0.15) is 19.8 Å². The van der Waals surface area contributed by atoms with Crippen molar-refractivity contribution in [3.63, 3.8) is 0 Å². The number of aliphatic hydroxyl groups excluding tert-OH is 1. The molecule has 0 saturated heterocycles. The van der Waals surface area contributed by atoms with Gasteiger partial charge in [-0.1, -0.05) is 6.92 Å². The lowest BCUT2D eigenvalue weighted by Gasteiger charge is -2.16. The van der Waals surface area contributed by atoms with Crippen LogP contribution < -0.4 is 0 Å². The molecule has 0 spiro atoms. The van der Waals surface area contributed by atoms with E-state index in [1.807, 2.05) is 6.92 Å². The minimum absolute atomic E-state index is 0.0491. The van der Waals surface area contributed by atoms with Crippen molar-refractivity contribution in [3.05, 3.63) is 0 Å². The third-order valence-electron chi connectivity index (χ3n) is 1.35. The lowest BCUT2D eigenvalue weighted by Crippen LogP contribution is -2.31. The van der Waals surface area contributed by atoms with Gasteiger partial charge < -0.3 is 15.1 Å². The van der Waals surface area contributed by atoms with Crippen LogP contribution in [-0.4, -0.2) is 40.9 Å². The van der Waals surface area contributed by atoms with E-state index in [1.165, 1.54) is 4.90 Å². The number of rotatable bonds is 5. The summed E-state index contributed by atoms with van der Waals surface area (Å²) >= 11 is 0. The van der Waals surface area contributed by atoms with Gasteiger partial charge in [-0.15, -0.1) is 0 Å². The molecule has 0 aliphatic carbocycles. The van der Waals surface area contributed by atoms with Crippen LogP contribution in [0.3, 0.4) is 0 Å². The molecule has 0 aliphatic heterocycles. The quantitative estimate of drug-likeness (QED) is 0.625.